The minimum atomic E-state index is -0.352. The van der Waals surface area contributed by atoms with Crippen molar-refractivity contribution in [1.82, 2.24) is 19.7 Å². The number of hydrogen-bond acceptors (Lipinski definition) is 6. The average Bonchev–Trinajstić information content (AvgIpc) is 3.51. The summed E-state index contributed by atoms with van der Waals surface area (Å²) in [4.78, 5) is 14.2. The third-order valence-electron chi connectivity index (χ3n) is 6.66. The molecule has 5 rings (SSSR count). The fraction of sp³-hybridized carbons (Fsp3) is 0.346. The van der Waals surface area contributed by atoms with E-state index in [4.69, 9.17) is 9.26 Å². The molecule has 0 saturated heterocycles. The van der Waals surface area contributed by atoms with Gasteiger partial charge in [-0.2, -0.15) is 5.10 Å². The van der Waals surface area contributed by atoms with E-state index >= 15 is 0 Å². The third kappa shape index (κ3) is 4.17. The first-order valence-electron chi connectivity index (χ1n) is 11.5. The smallest absolute Gasteiger partial charge is 0.262 e. The Morgan fingerprint density at radius 3 is 2.71 bits per heavy atom. The molecule has 1 amide bonds. The van der Waals surface area contributed by atoms with Gasteiger partial charge in [0.2, 0.25) is 5.91 Å². The van der Waals surface area contributed by atoms with Gasteiger partial charge in [0.15, 0.2) is 5.82 Å². The van der Waals surface area contributed by atoms with E-state index in [-0.39, 0.29) is 17.4 Å². The second-order valence-corrected chi connectivity index (χ2v) is 9.32. The maximum Gasteiger partial charge on any atom is 0.262 e. The predicted molar refractivity (Wildman–Crippen MR) is 130 cm³/mol. The molecule has 1 aliphatic rings. The lowest BCUT2D eigenvalue weighted by atomic mass is 9.91. The average molecular weight is 460 g/mol. The highest BCUT2D eigenvalue weighted by atomic mass is 16.5. The van der Waals surface area contributed by atoms with Gasteiger partial charge in [-0.3, -0.25) is 9.69 Å². The largest absolute Gasteiger partial charge is 0.473 e. The topological polar surface area (TPSA) is 84.9 Å². The summed E-state index contributed by atoms with van der Waals surface area (Å²) in [5.74, 6) is 1.84. The number of aromatic nitrogens is 3. The highest BCUT2D eigenvalue weighted by molar-refractivity contribution is 5.93. The highest BCUT2D eigenvalue weighted by Crippen LogP contribution is 2.36. The fourth-order valence-corrected chi connectivity index (χ4v) is 4.04. The maximum atomic E-state index is 12.1. The van der Waals surface area contributed by atoms with Crippen LogP contribution in [0.2, 0.25) is 0 Å². The van der Waals surface area contributed by atoms with Crippen LogP contribution < -0.4 is 10.1 Å². The van der Waals surface area contributed by atoms with E-state index in [2.05, 4.69) is 39.5 Å². The summed E-state index contributed by atoms with van der Waals surface area (Å²) < 4.78 is 13.5. The van der Waals surface area contributed by atoms with E-state index in [1.807, 2.05) is 63.6 Å². The highest BCUT2D eigenvalue weighted by Gasteiger charge is 2.32. The number of likely N-dealkylation sites (N-methyl/N-ethyl adjacent to an activating group) is 1. The Balaban J connectivity index is 1.41. The van der Waals surface area contributed by atoms with Crippen LogP contribution in [0.1, 0.15) is 31.1 Å². The Kier molecular flexibility index (Phi) is 5.61. The van der Waals surface area contributed by atoms with Crippen LogP contribution in [0.25, 0.3) is 16.6 Å². The van der Waals surface area contributed by atoms with Crippen LogP contribution in [0.3, 0.4) is 0 Å². The molecule has 176 valence electrons. The molecular weight excluding hydrogens is 430 g/mol. The van der Waals surface area contributed by atoms with Gasteiger partial charge in [-0.25, -0.2) is 4.52 Å². The van der Waals surface area contributed by atoms with Crippen molar-refractivity contribution < 1.29 is 14.1 Å². The summed E-state index contributed by atoms with van der Waals surface area (Å²) in [6, 6.07) is 16.1. The number of rotatable bonds is 8. The van der Waals surface area contributed by atoms with E-state index in [1.54, 1.807) is 4.52 Å². The van der Waals surface area contributed by atoms with Crippen molar-refractivity contribution in [1.29, 1.82) is 0 Å². The second kappa shape index (κ2) is 8.61. The summed E-state index contributed by atoms with van der Waals surface area (Å²) in [5.41, 5.74) is 3.38. The van der Waals surface area contributed by atoms with E-state index in [0.717, 1.165) is 35.0 Å². The van der Waals surface area contributed by atoms with Gasteiger partial charge < -0.3 is 14.6 Å². The molecule has 0 radical (unpaired) electrons. The number of benzene rings is 1. The van der Waals surface area contributed by atoms with E-state index in [0.29, 0.717) is 24.1 Å². The Morgan fingerprint density at radius 2 is 2.00 bits per heavy atom. The second-order valence-electron chi connectivity index (χ2n) is 9.32. The van der Waals surface area contributed by atoms with Crippen LogP contribution in [0, 0.1) is 12.8 Å². The van der Waals surface area contributed by atoms with Crippen LogP contribution >= 0.6 is 0 Å². The number of carbonyl (C=O) groups is 1. The summed E-state index contributed by atoms with van der Waals surface area (Å²) in [7, 11) is 4.08. The molecule has 3 aromatic heterocycles. The molecule has 8 heteroatoms. The molecule has 8 nitrogen and oxygen atoms in total. The van der Waals surface area contributed by atoms with Crippen LogP contribution in [-0.4, -0.2) is 46.3 Å². The molecule has 0 unspecified atom stereocenters. The van der Waals surface area contributed by atoms with Crippen molar-refractivity contribution in [2.75, 3.05) is 26.0 Å². The minimum absolute atomic E-state index is 0.0385. The van der Waals surface area contributed by atoms with Crippen molar-refractivity contribution >= 4 is 17.2 Å². The molecular formula is C26H29N5O3. The molecule has 1 aliphatic carbocycles. The first-order chi connectivity index (χ1) is 16.3. The number of fused-ring (bicyclic) bond motifs is 1. The van der Waals surface area contributed by atoms with Gasteiger partial charge >= 0.3 is 0 Å². The lowest BCUT2D eigenvalue weighted by molar-refractivity contribution is -0.117. The Bertz CT molecular complexity index is 1320. The van der Waals surface area contributed by atoms with Gasteiger partial charge in [-0.15, -0.1) is 0 Å². The van der Waals surface area contributed by atoms with Crippen LogP contribution in [0.15, 0.2) is 59.3 Å². The van der Waals surface area contributed by atoms with Crippen molar-refractivity contribution in [2.24, 2.45) is 5.92 Å². The molecule has 4 aromatic rings. The monoisotopic (exact) mass is 459 g/mol. The summed E-state index contributed by atoms with van der Waals surface area (Å²) in [6.45, 7) is 4.42. The molecule has 0 spiro atoms. The van der Waals surface area contributed by atoms with E-state index in [9.17, 15) is 4.79 Å². The van der Waals surface area contributed by atoms with Crippen molar-refractivity contribution in [3.8, 4) is 17.0 Å². The third-order valence-corrected chi connectivity index (χ3v) is 6.66. The summed E-state index contributed by atoms with van der Waals surface area (Å²) >= 11 is 0. The molecule has 0 bridgehead atoms. The summed E-state index contributed by atoms with van der Waals surface area (Å²) in [6.07, 6.45) is 3.77. The lowest BCUT2D eigenvalue weighted by Gasteiger charge is -2.36. The van der Waals surface area contributed by atoms with Gasteiger partial charge in [-0.05, 0) is 69.2 Å². The quantitative estimate of drug-likeness (QED) is 0.418. The maximum absolute atomic E-state index is 12.1. The number of nitrogens with one attached hydrogen (secondary N) is 1. The van der Waals surface area contributed by atoms with Crippen molar-refractivity contribution in [3.05, 3.63) is 66.1 Å². The van der Waals surface area contributed by atoms with Gasteiger partial charge in [0.1, 0.15) is 12.4 Å². The molecule has 1 fully saturated rings. The summed E-state index contributed by atoms with van der Waals surface area (Å²) in [5, 5.41) is 11.6. The standard InChI is InChI=1S/C26H29N5O3/c1-17-23(19-12-13-31-21(14-19)15-22(28-31)27-24(32)18-10-11-18)25(29-34-17)33-16-26(2,30(3)4)20-8-6-5-7-9-20/h5-9,12-15,18H,10-11,16H2,1-4H3,(H,27,28,32)/t26-/m1/s1. The normalized spacial score (nSPS) is 15.4. The molecule has 1 aromatic carbocycles. The molecule has 3 heterocycles. The first kappa shape index (κ1) is 22.2. The number of nitrogens with zero attached hydrogens (tertiary/aromatic N) is 4. The van der Waals surface area contributed by atoms with Crippen molar-refractivity contribution in [3.63, 3.8) is 0 Å². The molecule has 0 aliphatic heterocycles. The van der Waals surface area contributed by atoms with Gasteiger partial charge in [0.25, 0.3) is 5.88 Å². The number of aryl methyl sites for hydroxylation is 1. The Morgan fingerprint density at radius 1 is 1.24 bits per heavy atom. The number of hydrogen-bond donors (Lipinski definition) is 1. The Hall–Kier alpha value is -3.65. The SMILES string of the molecule is Cc1onc(OC[C@](C)(c2ccccc2)N(C)C)c1-c1ccn2nc(NC(=O)C3CC3)cc2c1. The lowest BCUT2D eigenvalue weighted by Crippen LogP contribution is -2.43. The van der Waals surface area contributed by atoms with Crippen molar-refractivity contribution in [2.45, 2.75) is 32.2 Å². The number of anilines is 1. The van der Waals surface area contributed by atoms with Gasteiger partial charge in [-0.1, -0.05) is 30.3 Å². The van der Waals surface area contributed by atoms with Crippen LogP contribution in [0.4, 0.5) is 5.82 Å². The number of ether oxygens (including phenoxy) is 1. The molecule has 1 atom stereocenters. The van der Waals surface area contributed by atoms with Gasteiger partial charge in [0, 0.05) is 18.2 Å². The fourth-order valence-electron chi connectivity index (χ4n) is 4.04. The molecule has 34 heavy (non-hydrogen) atoms. The zero-order valence-corrected chi connectivity index (χ0v) is 19.9. The number of pyridine rings is 1. The van der Waals surface area contributed by atoms with E-state index < -0.39 is 0 Å². The zero-order valence-electron chi connectivity index (χ0n) is 19.9. The first-order valence-corrected chi connectivity index (χ1v) is 11.5. The Labute approximate surface area is 198 Å². The molecule has 1 N–H and O–H groups in total. The van der Waals surface area contributed by atoms with Crippen LogP contribution in [0.5, 0.6) is 5.88 Å². The van der Waals surface area contributed by atoms with E-state index in [1.165, 1.54) is 0 Å². The zero-order chi connectivity index (χ0) is 23.9. The number of carbonyl (C=O) groups excluding carboxylic acids is 1. The van der Waals surface area contributed by atoms with Gasteiger partial charge in [0.05, 0.1) is 16.6 Å². The minimum Gasteiger partial charge on any atom is -0.473 e. The van der Waals surface area contributed by atoms with Crippen LogP contribution in [-0.2, 0) is 10.3 Å². The number of amides is 1. The predicted octanol–water partition coefficient (Wildman–Crippen LogP) is 4.50. The molecule has 1 saturated carbocycles.